The van der Waals surface area contributed by atoms with Crippen LogP contribution in [0.3, 0.4) is 0 Å². The maximum Gasteiger partial charge on any atom is 0.573 e. The summed E-state index contributed by atoms with van der Waals surface area (Å²) in [6.07, 6.45) is -4.41. The first-order chi connectivity index (χ1) is 13.0. The third-order valence-electron chi connectivity index (χ3n) is 3.54. The highest BCUT2D eigenvalue weighted by Crippen LogP contribution is 2.22. The normalized spacial score (nSPS) is 11.9. The van der Waals surface area contributed by atoms with Crippen LogP contribution >= 0.6 is 15.9 Å². The number of carbonyl (C=O) groups excluding carboxylic acids is 1. The number of hydrogen-bond donors (Lipinski definition) is 1. The third kappa shape index (κ3) is 8.30. The first-order valence-corrected chi connectivity index (χ1v) is 10.7. The van der Waals surface area contributed by atoms with Gasteiger partial charge in [0.25, 0.3) is 0 Å². The molecule has 0 aliphatic heterocycles. The van der Waals surface area contributed by atoms with Gasteiger partial charge in [-0.3, -0.25) is 4.79 Å². The van der Waals surface area contributed by atoms with Crippen molar-refractivity contribution in [2.75, 3.05) is 12.3 Å². The summed E-state index contributed by atoms with van der Waals surface area (Å²) in [4.78, 5) is 11.9. The molecule has 0 aromatic heterocycles. The fourth-order valence-corrected chi connectivity index (χ4v) is 3.91. The average Bonchev–Trinajstić information content (AvgIpc) is 2.56. The number of amides is 1. The molecule has 10 heteroatoms. The lowest BCUT2D eigenvalue weighted by Gasteiger charge is -2.10. The summed E-state index contributed by atoms with van der Waals surface area (Å²) in [6, 6.07) is 12.0. The molecule has 2 aromatic rings. The Kier molecular flexibility index (Phi) is 7.48. The van der Waals surface area contributed by atoms with Crippen molar-refractivity contribution in [3.63, 3.8) is 0 Å². The molecule has 1 amide bonds. The molecule has 0 bridgehead atoms. The molecular weight excluding hydrogens is 463 g/mol. The van der Waals surface area contributed by atoms with E-state index >= 15 is 0 Å². The van der Waals surface area contributed by atoms with Gasteiger partial charge in [-0.2, -0.15) is 0 Å². The molecule has 152 valence electrons. The minimum absolute atomic E-state index is 0.159. The molecule has 28 heavy (non-hydrogen) atoms. The Morgan fingerprint density at radius 1 is 1.00 bits per heavy atom. The highest BCUT2D eigenvalue weighted by Gasteiger charge is 2.30. The van der Waals surface area contributed by atoms with Crippen molar-refractivity contribution in [1.29, 1.82) is 0 Å². The molecule has 1 N–H and O–H groups in total. The summed E-state index contributed by atoms with van der Waals surface area (Å²) >= 11 is 3.26. The van der Waals surface area contributed by atoms with Crippen molar-refractivity contribution in [3.05, 3.63) is 64.1 Å². The number of carbonyl (C=O) groups is 1. The van der Waals surface area contributed by atoms with Gasteiger partial charge in [-0.05, 0) is 41.8 Å². The van der Waals surface area contributed by atoms with Crippen LogP contribution in [0.1, 0.15) is 11.1 Å². The first kappa shape index (κ1) is 22.2. The van der Waals surface area contributed by atoms with Gasteiger partial charge in [-0.25, -0.2) is 8.42 Å². The lowest BCUT2D eigenvalue weighted by Crippen LogP contribution is -2.32. The van der Waals surface area contributed by atoms with Gasteiger partial charge in [-0.1, -0.05) is 40.2 Å². The van der Waals surface area contributed by atoms with E-state index in [4.69, 9.17) is 0 Å². The summed E-state index contributed by atoms with van der Waals surface area (Å²) in [5.74, 6) is -1.84. The molecule has 0 heterocycles. The Hall–Kier alpha value is -2.07. The van der Waals surface area contributed by atoms with Gasteiger partial charge in [0.1, 0.15) is 11.5 Å². The number of alkyl halides is 3. The van der Waals surface area contributed by atoms with E-state index < -0.39 is 27.9 Å². The lowest BCUT2D eigenvalue weighted by atomic mass is 10.1. The summed E-state index contributed by atoms with van der Waals surface area (Å²) in [5, 5.41) is 2.50. The van der Waals surface area contributed by atoms with Crippen LogP contribution in [0.4, 0.5) is 13.2 Å². The van der Waals surface area contributed by atoms with Crippen LogP contribution in [0, 0.1) is 0 Å². The SMILES string of the molecule is O=C(CS(=O)(=O)Cc1ccc(Br)cc1)NCCc1ccc(OC(F)(F)F)cc1. The van der Waals surface area contributed by atoms with Gasteiger partial charge in [-0.15, -0.1) is 13.2 Å². The van der Waals surface area contributed by atoms with Gasteiger partial charge in [0.2, 0.25) is 5.91 Å². The predicted molar refractivity (Wildman–Crippen MR) is 101 cm³/mol. The van der Waals surface area contributed by atoms with Crippen molar-refractivity contribution >= 4 is 31.7 Å². The van der Waals surface area contributed by atoms with Crippen molar-refractivity contribution in [3.8, 4) is 5.75 Å². The number of hydrogen-bond acceptors (Lipinski definition) is 4. The molecule has 0 saturated carbocycles. The zero-order valence-corrected chi connectivity index (χ0v) is 16.9. The molecule has 0 unspecified atom stereocenters. The molecule has 2 aromatic carbocycles. The molecule has 2 rings (SSSR count). The summed E-state index contributed by atoms with van der Waals surface area (Å²) in [7, 11) is -3.62. The van der Waals surface area contributed by atoms with Crippen molar-refractivity contribution in [2.45, 2.75) is 18.5 Å². The number of benzene rings is 2. The van der Waals surface area contributed by atoms with E-state index in [2.05, 4.69) is 26.0 Å². The van der Waals surface area contributed by atoms with E-state index in [0.717, 1.165) is 4.47 Å². The average molecular weight is 480 g/mol. The quantitative estimate of drug-likeness (QED) is 0.627. The second-order valence-electron chi connectivity index (χ2n) is 5.95. The van der Waals surface area contributed by atoms with E-state index in [9.17, 15) is 26.4 Å². The predicted octanol–water partition coefficient (Wildman–Crippen LogP) is 3.62. The second kappa shape index (κ2) is 9.42. The van der Waals surface area contributed by atoms with Crippen LogP contribution in [0.2, 0.25) is 0 Å². The summed E-state index contributed by atoms with van der Waals surface area (Å²) in [6.45, 7) is 0.159. The second-order valence-corrected chi connectivity index (χ2v) is 8.93. The fourth-order valence-electron chi connectivity index (χ4n) is 2.34. The molecule has 0 saturated heterocycles. The minimum Gasteiger partial charge on any atom is -0.406 e. The molecule has 0 radical (unpaired) electrons. The molecule has 0 fully saturated rings. The minimum atomic E-state index is -4.75. The van der Waals surface area contributed by atoms with Crippen molar-refractivity contribution < 1.29 is 31.1 Å². The number of rotatable bonds is 8. The van der Waals surface area contributed by atoms with Crippen LogP contribution in [0.15, 0.2) is 53.0 Å². The lowest BCUT2D eigenvalue weighted by molar-refractivity contribution is -0.274. The van der Waals surface area contributed by atoms with Crippen molar-refractivity contribution in [1.82, 2.24) is 5.32 Å². The van der Waals surface area contributed by atoms with Gasteiger partial charge in [0, 0.05) is 11.0 Å². The Bertz CT molecular complexity index is 898. The molecule has 5 nitrogen and oxygen atoms in total. The van der Waals surface area contributed by atoms with Gasteiger partial charge in [0.05, 0.1) is 5.75 Å². The molecule has 0 aliphatic rings. The number of sulfone groups is 1. The molecule has 0 spiro atoms. The largest absolute Gasteiger partial charge is 0.573 e. The number of nitrogens with one attached hydrogen (secondary N) is 1. The van der Waals surface area contributed by atoms with Crippen LogP contribution in [0.5, 0.6) is 5.75 Å². The Morgan fingerprint density at radius 2 is 1.57 bits per heavy atom. The molecule has 0 atom stereocenters. The zero-order chi connectivity index (χ0) is 20.8. The van der Waals surface area contributed by atoms with Crippen LogP contribution in [-0.4, -0.2) is 33.0 Å². The van der Waals surface area contributed by atoms with Crippen LogP contribution in [0.25, 0.3) is 0 Å². The third-order valence-corrected chi connectivity index (χ3v) is 5.55. The maximum absolute atomic E-state index is 12.1. The maximum atomic E-state index is 12.1. The van der Waals surface area contributed by atoms with Crippen molar-refractivity contribution in [2.24, 2.45) is 0 Å². The van der Waals surface area contributed by atoms with Crippen LogP contribution < -0.4 is 10.1 Å². The molecular formula is C18H17BrF3NO4S. The Morgan fingerprint density at radius 3 is 2.14 bits per heavy atom. The zero-order valence-electron chi connectivity index (χ0n) is 14.5. The smallest absolute Gasteiger partial charge is 0.406 e. The van der Waals surface area contributed by atoms with E-state index in [0.29, 0.717) is 17.5 Å². The molecule has 0 aliphatic carbocycles. The van der Waals surface area contributed by atoms with Crippen LogP contribution in [-0.2, 0) is 26.8 Å². The standard InChI is InChI=1S/C18H17BrF3NO4S/c19-15-5-1-14(2-6-15)11-28(25,26)12-17(24)23-10-9-13-3-7-16(8-4-13)27-18(20,21)22/h1-8H,9-12H2,(H,23,24). The summed E-state index contributed by atoms with van der Waals surface area (Å²) in [5.41, 5.74) is 1.25. The van der Waals surface area contributed by atoms with E-state index in [1.54, 1.807) is 24.3 Å². The monoisotopic (exact) mass is 479 g/mol. The van der Waals surface area contributed by atoms with E-state index in [1.807, 2.05) is 0 Å². The summed E-state index contributed by atoms with van der Waals surface area (Å²) < 4.78 is 65.1. The Labute approximate surface area is 168 Å². The number of ether oxygens (including phenoxy) is 1. The van der Waals surface area contributed by atoms with E-state index in [1.165, 1.54) is 24.3 Å². The first-order valence-electron chi connectivity index (χ1n) is 8.09. The van der Waals surface area contributed by atoms with Gasteiger partial charge < -0.3 is 10.1 Å². The fraction of sp³-hybridized carbons (Fsp3) is 0.278. The van der Waals surface area contributed by atoms with E-state index in [-0.39, 0.29) is 18.0 Å². The topological polar surface area (TPSA) is 72.5 Å². The van der Waals surface area contributed by atoms with Gasteiger partial charge in [0.15, 0.2) is 9.84 Å². The number of halogens is 4. The highest BCUT2D eigenvalue weighted by molar-refractivity contribution is 9.10. The Balaban J connectivity index is 1.78. The van der Waals surface area contributed by atoms with Gasteiger partial charge >= 0.3 is 6.36 Å². The highest BCUT2D eigenvalue weighted by atomic mass is 79.9.